The van der Waals surface area contributed by atoms with Gasteiger partial charge in [-0.15, -0.1) is 0 Å². The molecule has 1 unspecified atom stereocenters. The largest absolute Gasteiger partial charge is 0.378 e. The second kappa shape index (κ2) is 6.34. The molecule has 0 radical (unpaired) electrons. The molecule has 0 saturated heterocycles. The lowest BCUT2D eigenvalue weighted by Crippen LogP contribution is -2.24. The summed E-state index contributed by atoms with van der Waals surface area (Å²) in [6, 6.07) is 7.70. The number of nitrogens with zero attached hydrogens (tertiary/aromatic N) is 2. The molecular formula is C11H13Br3N2O2. The maximum absolute atomic E-state index is 10.7. The Hall–Kier alpha value is -0.140. The van der Waals surface area contributed by atoms with Gasteiger partial charge in [0.2, 0.25) is 6.54 Å². The van der Waals surface area contributed by atoms with Crippen LogP contribution in [-0.2, 0) is 0 Å². The topological polar surface area (TPSA) is 46.4 Å². The second-order valence-electron chi connectivity index (χ2n) is 4.10. The van der Waals surface area contributed by atoms with Crippen molar-refractivity contribution in [1.29, 1.82) is 0 Å². The van der Waals surface area contributed by atoms with Gasteiger partial charge >= 0.3 is 0 Å². The highest BCUT2D eigenvalue weighted by Gasteiger charge is 2.36. The van der Waals surface area contributed by atoms with Gasteiger partial charge in [-0.1, -0.05) is 59.9 Å². The predicted molar refractivity (Wildman–Crippen MR) is 84.9 cm³/mol. The van der Waals surface area contributed by atoms with Gasteiger partial charge in [0.1, 0.15) is 2.14 Å². The molecule has 1 atom stereocenters. The van der Waals surface area contributed by atoms with E-state index in [2.05, 4.69) is 47.8 Å². The zero-order valence-corrected chi connectivity index (χ0v) is 14.7. The average Bonchev–Trinajstić information content (AvgIpc) is 2.24. The molecule has 0 fully saturated rings. The number of halogens is 3. The van der Waals surface area contributed by atoms with E-state index in [9.17, 15) is 10.1 Å². The van der Waals surface area contributed by atoms with Crippen LogP contribution in [-0.4, -0.2) is 27.7 Å². The van der Waals surface area contributed by atoms with Crippen LogP contribution in [0, 0.1) is 10.1 Å². The van der Waals surface area contributed by atoms with E-state index in [1.54, 1.807) is 0 Å². The summed E-state index contributed by atoms with van der Waals surface area (Å²) in [5, 5.41) is 10.7. The zero-order valence-electron chi connectivity index (χ0n) is 9.94. The third-order valence-corrected chi connectivity index (χ3v) is 4.20. The van der Waals surface area contributed by atoms with Gasteiger partial charge in [0.25, 0.3) is 0 Å². The molecule has 0 saturated carbocycles. The van der Waals surface area contributed by atoms with E-state index >= 15 is 0 Å². The fraction of sp³-hybridized carbons (Fsp3) is 0.455. The lowest BCUT2D eigenvalue weighted by atomic mass is 10.0. The molecule has 4 nitrogen and oxygen atoms in total. The minimum Gasteiger partial charge on any atom is -0.378 e. The Morgan fingerprint density at radius 1 is 1.28 bits per heavy atom. The highest BCUT2D eigenvalue weighted by Crippen LogP contribution is 2.46. The molecule has 1 aromatic rings. The summed E-state index contributed by atoms with van der Waals surface area (Å²) in [5.74, 6) is -0.316. The molecule has 0 bridgehead atoms. The molecule has 1 aromatic carbocycles. The number of hydrogen-bond acceptors (Lipinski definition) is 3. The van der Waals surface area contributed by atoms with Crippen LogP contribution in [0.4, 0.5) is 5.69 Å². The third kappa shape index (κ3) is 4.51. The van der Waals surface area contributed by atoms with Gasteiger partial charge in [-0.2, -0.15) is 0 Å². The Labute approximate surface area is 131 Å². The first-order chi connectivity index (χ1) is 8.21. The van der Waals surface area contributed by atoms with Crippen LogP contribution in [0.25, 0.3) is 0 Å². The normalized spacial score (nSPS) is 13.2. The second-order valence-corrected chi connectivity index (χ2v) is 11.0. The van der Waals surface area contributed by atoms with Crippen molar-refractivity contribution in [3.63, 3.8) is 0 Å². The number of alkyl halides is 3. The Kier molecular flexibility index (Phi) is 5.61. The van der Waals surface area contributed by atoms with Crippen LogP contribution < -0.4 is 4.90 Å². The summed E-state index contributed by atoms with van der Waals surface area (Å²) >= 11 is 10.1. The van der Waals surface area contributed by atoms with Crippen molar-refractivity contribution in [1.82, 2.24) is 0 Å². The number of anilines is 1. The molecule has 0 aromatic heterocycles. The first-order valence-electron chi connectivity index (χ1n) is 5.17. The molecule has 0 N–H and O–H groups in total. The fourth-order valence-corrected chi connectivity index (χ4v) is 2.78. The molecule has 100 valence electrons. The van der Waals surface area contributed by atoms with Crippen molar-refractivity contribution in [2.75, 3.05) is 25.5 Å². The summed E-state index contributed by atoms with van der Waals surface area (Å²) in [4.78, 5) is 12.4. The number of rotatable bonds is 4. The first-order valence-corrected chi connectivity index (χ1v) is 7.55. The van der Waals surface area contributed by atoms with Crippen molar-refractivity contribution < 1.29 is 4.92 Å². The van der Waals surface area contributed by atoms with E-state index in [-0.39, 0.29) is 17.4 Å². The first kappa shape index (κ1) is 15.9. The molecule has 0 aliphatic rings. The van der Waals surface area contributed by atoms with Crippen LogP contribution in [0.2, 0.25) is 0 Å². The summed E-state index contributed by atoms with van der Waals surface area (Å²) in [7, 11) is 3.90. The van der Waals surface area contributed by atoms with Gasteiger partial charge in [0.15, 0.2) is 0 Å². The Balaban J connectivity index is 3.02. The smallest absolute Gasteiger partial charge is 0.213 e. The van der Waals surface area contributed by atoms with Crippen molar-refractivity contribution in [2.45, 2.75) is 8.06 Å². The molecule has 18 heavy (non-hydrogen) atoms. The van der Waals surface area contributed by atoms with Crippen LogP contribution in [0.15, 0.2) is 24.3 Å². The summed E-state index contributed by atoms with van der Waals surface area (Å²) in [5.41, 5.74) is 1.95. The summed E-state index contributed by atoms with van der Waals surface area (Å²) < 4.78 is -0.681. The van der Waals surface area contributed by atoms with E-state index in [0.717, 1.165) is 11.3 Å². The minimum atomic E-state index is -0.681. The Bertz CT molecular complexity index is 415. The van der Waals surface area contributed by atoms with Crippen LogP contribution >= 0.6 is 47.8 Å². The number of benzene rings is 1. The lowest BCUT2D eigenvalue weighted by molar-refractivity contribution is -0.483. The number of nitro groups is 1. The minimum absolute atomic E-state index is 0.164. The standard InChI is InChI=1S/C11H13Br3N2O2/c1-15(2)9-5-3-8(4-6-9)10(7-16(17)18)11(12,13)14/h3-6,10H,7H2,1-2H3. The van der Waals surface area contributed by atoms with Crippen LogP contribution in [0.5, 0.6) is 0 Å². The molecule has 0 heterocycles. The Morgan fingerprint density at radius 3 is 2.11 bits per heavy atom. The summed E-state index contributed by atoms with van der Waals surface area (Å²) in [6.07, 6.45) is 0. The van der Waals surface area contributed by atoms with E-state index in [4.69, 9.17) is 0 Å². The highest BCUT2D eigenvalue weighted by molar-refractivity contribution is 9.39. The average molecular weight is 445 g/mol. The van der Waals surface area contributed by atoms with Gasteiger partial charge in [-0.05, 0) is 17.7 Å². The zero-order chi connectivity index (χ0) is 13.9. The van der Waals surface area contributed by atoms with Gasteiger partial charge in [0.05, 0.1) is 5.92 Å². The van der Waals surface area contributed by atoms with E-state index in [1.165, 1.54) is 0 Å². The van der Waals surface area contributed by atoms with Gasteiger partial charge < -0.3 is 4.90 Å². The third-order valence-electron chi connectivity index (χ3n) is 2.54. The molecule has 0 aliphatic heterocycles. The molecule has 1 rings (SSSR count). The fourth-order valence-electron chi connectivity index (χ4n) is 1.55. The van der Waals surface area contributed by atoms with Crippen LogP contribution in [0.1, 0.15) is 11.5 Å². The van der Waals surface area contributed by atoms with Crippen molar-refractivity contribution >= 4 is 53.5 Å². The van der Waals surface area contributed by atoms with E-state index in [0.29, 0.717) is 0 Å². The van der Waals surface area contributed by atoms with Crippen molar-refractivity contribution in [3.05, 3.63) is 39.9 Å². The maximum Gasteiger partial charge on any atom is 0.213 e. The lowest BCUT2D eigenvalue weighted by Gasteiger charge is -2.23. The van der Waals surface area contributed by atoms with Crippen molar-refractivity contribution in [2.24, 2.45) is 0 Å². The van der Waals surface area contributed by atoms with Crippen LogP contribution in [0.3, 0.4) is 0 Å². The maximum atomic E-state index is 10.7. The number of hydrogen-bond donors (Lipinski definition) is 0. The van der Waals surface area contributed by atoms with Gasteiger partial charge in [0, 0.05) is 24.7 Å². The molecule has 0 aliphatic carbocycles. The predicted octanol–water partition coefficient (Wildman–Crippen LogP) is 3.95. The molecular weight excluding hydrogens is 432 g/mol. The van der Waals surface area contributed by atoms with E-state index in [1.807, 2.05) is 43.3 Å². The van der Waals surface area contributed by atoms with Gasteiger partial charge in [-0.25, -0.2) is 0 Å². The molecule has 0 spiro atoms. The summed E-state index contributed by atoms with van der Waals surface area (Å²) in [6.45, 7) is -0.164. The monoisotopic (exact) mass is 442 g/mol. The molecule has 7 heteroatoms. The van der Waals surface area contributed by atoms with Crippen molar-refractivity contribution in [3.8, 4) is 0 Å². The Morgan fingerprint density at radius 2 is 1.78 bits per heavy atom. The highest BCUT2D eigenvalue weighted by atomic mass is 80.0. The quantitative estimate of drug-likeness (QED) is 0.401. The SMILES string of the molecule is CN(C)c1ccc(C(C[N+](=O)[O-])C(Br)(Br)Br)cc1. The van der Waals surface area contributed by atoms with Gasteiger partial charge in [-0.3, -0.25) is 10.1 Å². The molecule has 0 amide bonds. The van der Waals surface area contributed by atoms with E-state index < -0.39 is 2.14 Å².